The largest absolute Gasteiger partial charge is 0.495 e. The molecule has 1 aliphatic rings. The molecule has 0 atom stereocenters. The van der Waals surface area contributed by atoms with Crippen molar-refractivity contribution in [2.75, 3.05) is 25.6 Å². The van der Waals surface area contributed by atoms with E-state index in [-0.39, 0.29) is 12.0 Å². The second kappa shape index (κ2) is 10.3. The first-order chi connectivity index (χ1) is 16.1. The van der Waals surface area contributed by atoms with Crippen LogP contribution in [-0.2, 0) is 17.7 Å². The molecule has 1 aromatic heterocycles. The fourth-order valence-corrected chi connectivity index (χ4v) is 4.89. The van der Waals surface area contributed by atoms with Crippen LogP contribution in [0.5, 0.6) is 5.75 Å². The van der Waals surface area contributed by atoms with Crippen LogP contribution in [0.25, 0.3) is 0 Å². The standard InChI is InChI=1S/C25H25N3O4S/c1-3-32-25(30)28-14-13-18-21(16-28)33-24(26-15-17-9-5-4-6-10-17)22(18)23(29)27-19-11-7-8-12-20(19)31-2/h4-12,15H,3,13-14,16H2,1-2H3,(H,27,29)/b26-15+. The van der Waals surface area contributed by atoms with Crippen LogP contribution < -0.4 is 10.1 Å². The Bertz CT molecular complexity index is 1170. The van der Waals surface area contributed by atoms with Crippen LogP contribution in [-0.4, -0.2) is 43.4 Å². The average Bonchev–Trinajstić information content (AvgIpc) is 3.21. The smallest absolute Gasteiger partial charge is 0.410 e. The van der Waals surface area contributed by atoms with Gasteiger partial charge in [-0.2, -0.15) is 0 Å². The number of rotatable bonds is 6. The number of carbonyl (C=O) groups excluding carboxylic acids is 2. The summed E-state index contributed by atoms with van der Waals surface area (Å²) in [4.78, 5) is 32.9. The van der Waals surface area contributed by atoms with Gasteiger partial charge in [0.25, 0.3) is 5.91 Å². The van der Waals surface area contributed by atoms with E-state index >= 15 is 0 Å². The first kappa shape index (κ1) is 22.5. The van der Waals surface area contributed by atoms with E-state index < -0.39 is 0 Å². The lowest BCUT2D eigenvalue weighted by Crippen LogP contribution is -2.36. The van der Waals surface area contributed by atoms with E-state index in [9.17, 15) is 9.59 Å². The Hall–Kier alpha value is -3.65. The summed E-state index contributed by atoms with van der Waals surface area (Å²) in [6.45, 7) is 2.99. The summed E-state index contributed by atoms with van der Waals surface area (Å²) in [5.74, 6) is 0.333. The molecular weight excluding hydrogens is 438 g/mol. The van der Waals surface area contributed by atoms with Gasteiger partial charge in [-0.15, -0.1) is 11.3 Å². The summed E-state index contributed by atoms with van der Waals surface area (Å²) < 4.78 is 10.5. The number of amides is 2. The highest BCUT2D eigenvalue weighted by atomic mass is 32.1. The minimum Gasteiger partial charge on any atom is -0.495 e. The van der Waals surface area contributed by atoms with Crippen molar-refractivity contribution in [3.8, 4) is 5.75 Å². The van der Waals surface area contributed by atoms with Crippen molar-refractivity contribution in [1.29, 1.82) is 0 Å². The Morgan fingerprint density at radius 2 is 1.91 bits per heavy atom. The first-order valence-corrected chi connectivity index (χ1v) is 11.5. The molecule has 8 heteroatoms. The van der Waals surface area contributed by atoms with Gasteiger partial charge in [-0.3, -0.25) is 4.79 Å². The normalized spacial score (nSPS) is 13.0. The van der Waals surface area contributed by atoms with Crippen LogP contribution in [0, 0.1) is 0 Å². The van der Waals surface area contributed by atoms with Crippen molar-refractivity contribution in [3.63, 3.8) is 0 Å². The van der Waals surface area contributed by atoms with Gasteiger partial charge in [-0.25, -0.2) is 9.79 Å². The maximum atomic E-state index is 13.4. The van der Waals surface area contributed by atoms with Crippen molar-refractivity contribution >= 4 is 40.2 Å². The number of nitrogens with one attached hydrogen (secondary N) is 1. The molecule has 33 heavy (non-hydrogen) atoms. The van der Waals surface area contributed by atoms with Crippen molar-refractivity contribution in [2.45, 2.75) is 19.9 Å². The Morgan fingerprint density at radius 1 is 1.15 bits per heavy atom. The molecule has 2 heterocycles. The van der Waals surface area contributed by atoms with Gasteiger partial charge in [0.1, 0.15) is 10.8 Å². The molecule has 0 spiro atoms. The van der Waals surface area contributed by atoms with E-state index in [2.05, 4.69) is 10.3 Å². The number of benzene rings is 2. The molecule has 1 N–H and O–H groups in total. The summed E-state index contributed by atoms with van der Waals surface area (Å²) in [6.07, 6.45) is 1.96. The average molecular weight is 464 g/mol. The van der Waals surface area contributed by atoms with Gasteiger partial charge < -0.3 is 19.7 Å². The number of anilines is 1. The molecule has 2 amide bonds. The Morgan fingerprint density at radius 3 is 2.67 bits per heavy atom. The van der Waals surface area contributed by atoms with E-state index in [1.807, 2.05) is 42.5 Å². The highest BCUT2D eigenvalue weighted by Crippen LogP contribution is 2.40. The molecule has 0 aliphatic carbocycles. The van der Waals surface area contributed by atoms with Crippen LogP contribution in [0.4, 0.5) is 15.5 Å². The fraction of sp³-hybridized carbons (Fsp3) is 0.240. The summed E-state index contributed by atoms with van der Waals surface area (Å²) in [6, 6.07) is 17.0. The lowest BCUT2D eigenvalue weighted by Gasteiger charge is -2.26. The van der Waals surface area contributed by atoms with Gasteiger partial charge in [0, 0.05) is 17.6 Å². The molecule has 4 rings (SSSR count). The third-order valence-electron chi connectivity index (χ3n) is 5.28. The molecule has 0 fully saturated rings. The van der Waals surface area contributed by atoms with E-state index in [1.54, 1.807) is 37.3 Å². The van der Waals surface area contributed by atoms with Crippen molar-refractivity contribution in [2.24, 2.45) is 4.99 Å². The summed E-state index contributed by atoms with van der Waals surface area (Å²) in [5.41, 5.74) is 2.99. The number of aliphatic imine (C=N–C) groups is 1. The summed E-state index contributed by atoms with van der Waals surface area (Å²) in [5, 5.41) is 3.58. The zero-order chi connectivity index (χ0) is 23.2. The molecule has 7 nitrogen and oxygen atoms in total. The second-order valence-corrected chi connectivity index (χ2v) is 8.46. The van der Waals surface area contributed by atoms with Crippen LogP contribution in [0.1, 0.15) is 33.3 Å². The number of thiophene rings is 1. The molecule has 0 radical (unpaired) electrons. The van der Waals surface area contributed by atoms with Gasteiger partial charge in [-0.1, -0.05) is 42.5 Å². The lowest BCUT2D eigenvalue weighted by molar-refractivity contribution is 0.102. The number of hydrogen-bond donors (Lipinski definition) is 1. The number of carbonyl (C=O) groups is 2. The van der Waals surface area contributed by atoms with Gasteiger partial charge in [0.05, 0.1) is 31.5 Å². The third-order valence-corrected chi connectivity index (χ3v) is 6.40. The zero-order valence-electron chi connectivity index (χ0n) is 18.5. The molecule has 0 saturated heterocycles. The molecule has 3 aromatic rings. The van der Waals surface area contributed by atoms with E-state index in [0.717, 1.165) is 16.0 Å². The number of methoxy groups -OCH3 is 1. The van der Waals surface area contributed by atoms with Crippen molar-refractivity contribution in [1.82, 2.24) is 4.90 Å². The highest BCUT2D eigenvalue weighted by molar-refractivity contribution is 7.16. The lowest BCUT2D eigenvalue weighted by atomic mass is 10.0. The molecule has 0 bridgehead atoms. The van der Waals surface area contributed by atoms with E-state index in [4.69, 9.17) is 9.47 Å². The maximum absolute atomic E-state index is 13.4. The number of ether oxygens (including phenoxy) is 2. The first-order valence-electron chi connectivity index (χ1n) is 10.7. The minimum absolute atomic E-state index is 0.248. The van der Waals surface area contributed by atoms with Crippen LogP contribution >= 0.6 is 11.3 Å². The van der Waals surface area contributed by atoms with Crippen molar-refractivity contribution < 1.29 is 19.1 Å². The summed E-state index contributed by atoms with van der Waals surface area (Å²) in [7, 11) is 1.57. The highest BCUT2D eigenvalue weighted by Gasteiger charge is 2.30. The van der Waals surface area contributed by atoms with Gasteiger partial charge in [-0.05, 0) is 36.6 Å². The minimum atomic E-state index is -0.342. The monoisotopic (exact) mass is 463 g/mol. The van der Waals surface area contributed by atoms with E-state index in [0.29, 0.717) is 48.1 Å². The molecule has 1 aliphatic heterocycles. The van der Waals surface area contributed by atoms with Crippen molar-refractivity contribution in [3.05, 3.63) is 76.2 Å². The van der Waals surface area contributed by atoms with Crippen LogP contribution in [0.2, 0.25) is 0 Å². The third kappa shape index (κ3) is 5.06. The predicted molar refractivity (Wildman–Crippen MR) is 130 cm³/mol. The molecule has 0 saturated carbocycles. The van der Waals surface area contributed by atoms with Crippen LogP contribution in [0.15, 0.2) is 59.6 Å². The Kier molecular flexibility index (Phi) is 7.04. The molecule has 0 unspecified atom stereocenters. The number of para-hydroxylation sites is 2. The van der Waals surface area contributed by atoms with Gasteiger partial charge in [0.2, 0.25) is 0 Å². The second-order valence-electron chi connectivity index (χ2n) is 7.38. The topological polar surface area (TPSA) is 80.2 Å². The Balaban J connectivity index is 1.69. The van der Waals surface area contributed by atoms with Crippen LogP contribution in [0.3, 0.4) is 0 Å². The maximum Gasteiger partial charge on any atom is 0.410 e. The molecular formula is C25H25N3O4S. The number of hydrogen-bond acceptors (Lipinski definition) is 6. The Labute approximate surface area is 196 Å². The number of nitrogens with zero attached hydrogens (tertiary/aromatic N) is 2. The molecule has 170 valence electrons. The SMILES string of the molecule is CCOC(=O)N1CCc2c(sc(/N=C/c3ccccc3)c2C(=O)Nc2ccccc2OC)C1. The van der Waals surface area contributed by atoms with E-state index in [1.165, 1.54) is 11.3 Å². The van der Waals surface area contributed by atoms with Gasteiger partial charge in [0.15, 0.2) is 0 Å². The molecule has 2 aromatic carbocycles. The number of fused-ring (bicyclic) bond motifs is 1. The predicted octanol–water partition coefficient (Wildman–Crippen LogP) is 5.27. The fourth-order valence-electron chi connectivity index (χ4n) is 3.69. The summed E-state index contributed by atoms with van der Waals surface area (Å²) >= 11 is 1.43. The van der Waals surface area contributed by atoms with Gasteiger partial charge >= 0.3 is 6.09 Å². The quantitative estimate of drug-likeness (QED) is 0.505. The zero-order valence-corrected chi connectivity index (χ0v) is 19.4.